The molecular weight excluding hydrogens is 146 g/mol. The molecule has 0 saturated heterocycles. The molecule has 0 radical (unpaired) electrons. The van der Waals surface area contributed by atoms with Crippen LogP contribution in [0.1, 0.15) is 6.92 Å². The fraction of sp³-hybridized carbons (Fsp3) is 0.571. The maximum Gasteiger partial charge on any atom is 0.330 e. The molecule has 11 heavy (non-hydrogen) atoms. The zero-order valence-electron chi connectivity index (χ0n) is 6.54. The van der Waals surface area contributed by atoms with E-state index in [0.29, 0.717) is 0 Å². The largest absolute Gasteiger partial charge is 0.461 e. The van der Waals surface area contributed by atoms with Crippen LogP contribution < -0.4 is 5.32 Å². The van der Waals surface area contributed by atoms with Crippen LogP contribution in [0.15, 0.2) is 12.7 Å². The molecule has 1 unspecified atom stereocenters. The quantitative estimate of drug-likeness (QED) is 0.327. The fourth-order valence-electron chi connectivity index (χ4n) is 0.481. The number of aliphatic hydroxyl groups is 1. The van der Waals surface area contributed by atoms with Gasteiger partial charge in [-0.15, -0.1) is 0 Å². The maximum absolute atomic E-state index is 10.5. The summed E-state index contributed by atoms with van der Waals surface area (Å²) in [5, 5.41) is 11.1. The minimum atomic E-state index is -0.448. The number of aliphatic hydroxyl groups excluding tert-OH is 1. The van der Waals surface area contributed by atoms with E-state index in [2.05, 4.69) is 16.6 Å². The molecular formula is C7H13NO3. The highest BCUT2D eigenvalue weighted by Crippen LogP contribution is 1.84. The third-order valence-electron chi connectivity index (χ3n) is 1.08. The molecule has 0 aromatic rings. The van der Waals surface area contributed by atoms with Gasteiger partial charge in [0.2, 0.25) is 0 Å². The molecule has 0 rings (SSSR count). The van der Waals surface area contributed by atoms with Crippen LogP contribution in [0.3, 0.4) is 0 Å². The summed E-state index contributed by atoms with van der Waals surface area (Å²) in [7, 11) is 0. The van der Waals surface area contributed by atoms with Gasteiger partial charge in [-0.1, -0.05) is 6.58 Å². The van der Waals surface area contributed by atoms with Crippen molar-refractivity contribution in [3.05, 3.63) is 12.7 Å². The van der Waals surface area contributed by atoms with E-state index >= 15 is 0 Å². The molecule has 0 aromatic carbocycles. The first-order valence-electron chi connectivity index (χ1n) is 3.34. The number of esters is 1. The van der Waals surface area contributed by atoms with E-state index in [9.17, 15) is 4.79 Å². The predicted octanol–water partition coefficient (Wildman–Crippen LogP) is -0.357. The predicted molar refractivity (Wildman–Crippen MR) is 40.8 cm³/mol. The normalized spacial score (nSPS) is 12.2. The Morgan fingerprint density at radius 1 is 1.91 bits per heavy atom. The monoisotopic (exact) mass is 159 g/mol. The molecule has 0 saturated carbocycles. The summed E-state index contributed by atoms with van der Waals surface area (Å²) in [4.78, 5) is 10.5. The van der Waals surface area contributed by atoms with Crippen LogP contribution in [0.4, 0.5) is 0 Å². The standard InChI is InChI=1S/C7H13NO3/c1-3-7(10)11-4-6(2)8-5-9/h3,6,8-9H,1,4-5H2,2H3. The Balaban J connectivity index is 3.37. The van der Waals surface area contributed by atoms with Crippen molar-refractivity contribution >= 4 is 5.97 Å². The van der Waals surface area contributed by atoms with Gasteiger partial charge in [0.1, 0.15) is 6.61 Å². The van der Waals surface area contributed by atoms with Crippen molar-refractivity contribution in [2.45, 2.75) is 13.0 Å². The summed E-state index contributed by atoms with van der Waals surface area (Å²) in [6.45, 7) is 5.16. The maximum atomic E-state index is 10.5. The van der Waals surface area contributed by atoms with Gasteiger partial charge in [-0.25, -0.2) is 4.79 Å². The van der Waals surface area contributed by atoms with E-state index in [4.69, 9.17) is 5.11 Å². The average molecular weight is 159 g/mol. The van der Waals surface area contributed by atoms with E-state index in [0.717, 1.165) is 6.08 Å². The highest BCUT2D eigenvalue weighted by atomic mass is 16.5. The lowest BCUT2D eigenvalue weighted by Gasteiger charge is -2.10. The number of nitrogens with one attached hydrogen (secondary N) is 1. The Hall–Kier alpha value is -0.870. The topological polar surface area (TPSA) is 58.6 Å². The van der Waals surface area contributed by atoms with Crippen molar-refractivity contribution in [1.82, 2.24) is 5.32 Å². The zero-order chi connectivity index (χ0) is 8.69. The van der Waals surface area contributed by atoms with Gasteiger partial charge < -0.3 is 9.84 Å². The third kappa shape index (κ3) is 5.57. The average Bonchev–Trinajstić information content (AvgIpc) is 2.01. The van der Waals surface area contributed by atoms with E-state index in [1.165, 1.54) is 0 Å². The van der Waals surface area contributed by atoms with Crippen LogP contribution in [-0.2, 0) is 9.53 Å². The molecule has 0 aliphatic rings. The molecule has 4 heteroatoms. The van der Waals surface area contributed by atoms with Gasteiger partial charge in [0, 0.05) is 12.1 Å². The minimum absolute atomic E-state index is 0.0381. The highest BCUT2D eigenvalue weighted by Gasteiger charge is 2.01. The van der Waals surface area contributed by atoms with Crippen molar-refractivity contribution in [1.29, 1.82) is 0 Å². The number of ether oxygens (including phenoxy) is 1. The van der Waals surface area contributed by atoms with Crippen LogP contribution in [0.25, 0.3) is 0 Å². The van der Waals surface area contributed by atoms with Crippen LogP contribution in [-0.4, -0.2) is 30.5 Å². The third-order valence-corrected chi connectivity index (χ3v) is 1.08. The summed E-state index contributed by atoms with van der Waals surface area (Å²) in [6.07, 6.45) is 1.10. The lowest BCUT2D eigenvalue weighted by molar-refractivity contribution is -0.138. The van der Waals surface area contributed by atoms with Gasteiger partial charge in [0.15, 0.2) is 0 Å². The fourth-order valence-corrected chi connectivity index (χ4v) is 0.481. The first-order chi connectivity index (χ1) is 5.20. The van der Waals surface area contributed by atoms with Crippen LogP contribution >= 0.6 is 0 Å². The smallest absolute Gasteiger partial charge is 0.330 e. The molecule has 0 bridgehead atoms. The second-order valence-corrected chi connectivity index (χ2v) is 2.10. The SMILES string of the molecule is C=CC(=O)OCC(C)NCO. The van der Waals surface area contributed by atoms with Crippen molar-refractivity contribution < 1.29 is 14.6 Å². The van der Waals surface area contributed by atoms with Gasteiger partial charge in [0.05, 0.1) is 6.73 Å². The lowest BCUT2D eigenvalue weighted by atomic mass is 10.4. The van der Waals surface area contributed by atoms with Gasteiger partial charge in [-0.3, -0.25) is 5.32 Å². The summed E-state index contributed by atoms with van der Waals surface area (Å²) >= 11 is 0. The highest BCUT2D eigenvalue weighted by molar-refractivity contribution is 5.81. The summed E-state index contributed by atoms with van der Waals surface area (Å²) in [5.74, 6) is -0.448. The van der Waals surface area contributed by atoms with Gasteiger partial charge in [0.25, 0.3) is 0 Å². The van der Waals surface area contributed by atoms with Crippen molar-refractivity contribution in [2.75, 3.05) is 13.3 Å². The van der Waals surface area contributed by atoms with E-state index in [1.807, 2.05) is 0 Å². The summed E-state index contributed by atoms with van der Waals surface area (Å²) < 4.78 is 4.67. The number of rotatable bonds is 5. The molecule has 2 N–H and O–H groups in total. The Bertz CT molecular complexity index is 136. The molecule has 4 nitrogen and oxygen atoms in total. The lowest BCUT2D eigenvalue weighted by Crippen LogP contribution is -2.31. The molecule has 0 aliphatic carbocycles. The van der Waals surface area contributed by atoms with Crippen LogP contribution in [0.2, 0.25) is 0 Å². The Morgan fingerprint density at radius 2 is 2.55 bits per heavy atom. The van der Waals surface area contributed by atoms with E-state index in [-0.39, 0.29) is 19.4 Å². The Labute approximate surface area is 65.9 Å². The second kappa shape index (κ2) is 5.88. The molecule has 64 valence electrons. The molecule has 0 heterocycles. The van der Waals surface area contributed by atoms with Crippen LogP contribution in [0, 0.1) is 0 Å². The molecule has 0 amide bonds. The number of carbonyl (C=O) groups is 1. The van der Waals surface area contributed by atoms with Crippen molar-refractivity contribution in [3.63, 3.8) is 0 Å². The van der Waals surface area contributed by atoms with Gasteiger partial charge in [-0.2, -0.15) is 0 Å². The van der Waals surface area contributed by atoms with E-state index < -0.39 is 5.97 Å². The van der Waals surface area contributed by atoms with Crippen molar-refractivity contribution in [2.24, 2.45) is 0 Å². The van der Waals surface area contributed by atoms with Crippen LogP contribution in [0.5, 0.6) is 0 Å². The summed E-state index contributed by atoms with van der Waals surface area (Å²) in [6, 6.07) is -0.0381. The molecule has 0 spiro atoms. The minimum Gasteiger partial charge on any atom is -0.461 e. The first kappa shape index (κ1) is 10.1. The number of hydrogen-bond acceptors (Lipinski definition) is 4. The van der Waals surface area contributed by atoms with Gasteiger partial charge in [-0.05, 0) is 6.92 Å². The van der Waals surface area contributed by atoms with Gasteiger partial charge >= 0.3 is 5.97 Å². The molecule has 1 atom stereocenters. The molecule has 0 aliphatic heterocycles. The molecule has 0 fully saturated rings. The summed E-state index contributed by atoms with van der Waals surface area (Å²) in [5.41, 5.74) is 0. The first-order valence-corrected chi connectivity index (χ1v) is 3.34. The number of carbonyl (C=O) groups excluding carboxylic acids is 1. The van der Waals surface area contributed by atoms with Crippen molar-refractivity contribution in [3.8, 4) is 0 Å². The van der Waals surface area contributed by atoms with E-state index in [1.54, 1.807) is 6.92 Å². The molecule has 0 aromatic heterocycles. The zero-order valence-corrected chi connectivity index (χ0v) is 6.54. The number of hydrogen-bond donors (Lipinski definition) is 2. The second-order valence-electron chi connectivity index (χ2n) is 2.10. The Morgan fingerprint density at radius 3 is 3.00 bits per heavy atom. The Kier molecular flexibility index (Phi) is 5.42.